The molecule has 10 heteroatoms. The van der Waals surface area contributed by atoms with Gasteiger partial charge in [-0.3, -0.25) is 24.7 Å². The van der Waals surface area contributed by atoms with E-state index in [1.54, 1.807) is 6.92 Å². The Morgan fingerprint density at radius 2 is 1.70 bits per heavy atom. The van der Waals surface area contributed by atoms with E-state index < -0.39 is 47.4 Å². The van der Waals surface area contributed by atoms with Crippen LogP contribution in [0.1, 0.15) is 51.5 Å². The first kappa shape index (κ1) is 22.8. The van der Waals surface area contributed by atoms with Crippen molar-refractivity contribution >= 4 is 29.8 Å². The molecule has 2 heterocycles. The van der Waals surface area contributed by atoms with Gasteiger partial charge in [0.2, 0.25) is 0 Å². The standard InChI is InChI=1S/C23H29N5O5/c1-15-8-12-23(13-9-15)19(31)27(20(32)25-23)14-17(29)26-28-18(30)22(2,24-21(28)33)11-10-16-6-4-3-5-7-16/h3-7,15H,8-14H2,1-2H3,(H,24,33)(H,25,32)(H,26,29). The highest BCUT2D eigenvalue weighted by Gasteiger charge is 2.53. The molecule has 2 aliphatic heterocycles. The van der Waals surface area contributed by atoms with Gasteiger partial charge in [0.1, 0.15) is 17.6 Å². The average molecular weight is 456 g/mol. The number of carbonyl (C=O) groups is 5. The molecule has 33 heavy (non-hydrogen) atoms. The third kappa shape index (κ3) is 4.29. The van der Waals surface area contributed by atoms with Crippen LogP contribution in [0.25, 0.3) is 0 Å². The molecule has 10 nitrogen and oxygen atoms in total. The summed E-state index contributed by atoms with van der Waals surface area (Å²) in [5, 5.41) is 6.01. The van der Waals surface area contributed by atoms with Crippen LogP contribution in [0.3, 0.4) is 0 Å². The molecule has 0 radical (unpaired) electrons. The SMILES string of the molecule is CC1CCC2(CC1)NC(=O)N(CC(=O)NN1C(=O)NC(C)(CCc3ccccc3)C1=O)C2=O. The van der Waals surface area contributed by atoms with Crippen molar-refractivity contribution in [2.75, 3.05) is 6.54 Å². The van der Waals surface area contributed by atoms with E-state index in [1.807, 2.05) is 30.3 Å². The second-order valence-corrected chi connectivity index (χ2v) is 9.51. The van der Waals surface area contributed by atoms with Crippen LogP contribution in [0.15, 0.2) is 30.3 Å². The van der Waals surface area contributed by atoms with Crippen molar-refractivity contribution in [3.8, 4) is 0 Å². The molecule has 1 atom stereocenters. The highest BCUT2D eigenvalue weighted by molar-refractivity contribution is 6.10. The van der Waals surface area contributed by atoms with Gasteiger partial charge in [-0.05, 0) is 56.9 Å². The number of urea groups is 2. The fourth-order valence-corrected chi connectivity index (χ4v) is 4.71. The van der Waals surface area contributed by atoms with Crippen molar-refractivity contribution < 1.29 is 24.0 Å². The summed E-state index contributed by atoms with van der Waals surface area (Å²) in [4.78, 5) is 64.1. The van der Waals surface area contributed by atoms with Crippen LogP contribution in [0.4, 0.5) is 9.59 Å². The van der Waals surface area contributed by atoms with E-state index in [4.69, 9.17) is 0 Å². The molecule has 1 saturated carbocycles. The molecule has 1 aromatic carbocycles. The number of imide groups is 2. The number of rotatable bonds is 6. The van der Waals surface area contributed by atoms with Gasteiger partial charge >= 0.3 is 12.1 Å². The van der Waals surface area contributed by atoms with E-state index in [2.05, 4.69) is 23.0 Å². The monoisotopic (exact) mass is 455 g/mol. The highest BCUT2D eigenvalue weighted by Crippen LogP contribution is 2.36. The van der Waals surface area contributed by atoms with Gasteiger partial charge in [0.15, 0.2) is 0 Å². The zero-order chi connectivity index (χ0) is 23.8. The molecule has 176 valence electrons. The van der Waals surface area contributed by atoms with Crippen LogP contribution in [-0.4, -0.2) is 57.3 Å². The number of hydrazine groups is 1. The zero-order valence-electron chi connectivity index (χ0n) is 18.8. The summed E-state index contributed by atoms with van der Waals surface area (Å²) in [6.45, 7) is 3.14. The van der Waals surface area contributed by atoms with Crippen LogP contribution in [-0.2, 0) is 20.8 Å². The lowest BCUT2D eigenvalue weighted by atomic mass is 9.77. The molecule has 3 N–H and O–H groups in total. The number of aryl methyl sites for hydroxylation is 1. The fraction of sp³-hybridized carbons (Fsp3) is 0.522. The molecule has 7 amide bonds. The van der Waals surface area contributed by atoms with Crippen molar-refractivity contribution in [3.05, 3.63) is 35.9 Å². The Morgan fingerprint density at radius 3 is 2.36 bits per heavy atom. The molecule has 1 aromatic rings. The van der Waals surface area contributed by atoms with E-state index in [0.717, 1.165) is 23.3 Å². The maximum absolute atomic E-state index is 12.9. The zero-order valence-corrected chi connectivity index (χ0v) is 18.8. The Balaban J connectivity index is 1.36. The maximum atomic E-state index is 12.9. The number of carbonyl (C=O) groups excluding carboxylic acids is 5. The topological polar surface area (TPSA) is 128 Å². The number of nitrogens with zero attached hydrogens (tertiary/aromatic N) is 2. The summed E-state index contributed by atoms with van der Waals surface area (Å²) in [7, 11) is 0. The maximum Gasteiger partial charge on any atom is 0.344 e. The Labute approximate surface area is 192 Å². The van der Waals surface area contributed by atoms with Gasteiger partial charge in [0, 0.05) is 0 Å². The molecule has 0 aromatic heterocycles. The van der Waals surface area contributed by atoms with E-state index in [1.165, 1.54) is 0 Å². The van der Waals surface area contributed by atoms with E-state index in [0.29, 0.717) is 36.6 Å². The van der Waals surface area contributed by atoms with Gasteiger partial charge in [0.05, 0.1) is 0 Å². The largest absolute Gasteiger partial charge is 0.344 e. The molecule has 3 fully saturated rings. The number of nitrogens with one attached hydrogen (secondary N) is 3. The van der Waals surface area contributed by atoms with Crippen molar-refractivity contribution in [2.45, 2.75) is 63.5 Å². The van der Waals surface area contributed by atoms with Crippen LogP contribution >= 0.6 is 0 Å². The first-order valence-corrected chi connectivity index (χ1v) is 11.3. The number of hydrogen-bond acceptors (Lipinski definition) is 5. The average Bonchev–Trinajstić information content (AvgIpc) is 3.14. The van der Waals surface area contributed by atoms with Gasteiger partial charge < -0.3 is 10.6 Å². The predicted molar refractivity (Wildman–Crippen MR) is 117 cm³/mol. The fourth-order valence-electron chi connectivity index (χ4n) is 4.71. The Bertz CT molecular complexity index is 988. The highest BCUT2D eigenvalue weighted by atomic mass is 16.2. The predicted octanol–water partition coefficient (Wildman–Crippen LogP) is 1.46. The lowest BCUT2D eigenvalue weighted by Crippen LogP contribution is -2.52. The van der Waals surface area contributed by atoms with Crippen LogP contribution in [0.2, 0.25) is 0 Å². The summed E-state index contributed by atoms with van der Waals surface area (Å²) in [5.74, 6) is -1.34. The van der Waals surface area contributed by atoms with Gasteiger partial charge in [0.25, 0.3) is 17.7 Å². The molecule has 4 rings (SSSR count). The second kappa shape index (κ2) is 8.49. The summed E-state index contributed by atoms with van der Waals surface area (Å²) in [6, 6.07) is 8.17. The second-order valence-electron chi connectivity index (χ2n) is 9.51. The summed E-state index contributed by atoms with van der Waals surface area (Å²) in [6.07, 6.45) is 3.61. The molecule has 2 saturated heterocycles. The molecular weight excluding hydrogens is 426 g/mol. The van der Waals surface area contributed by atoms with Gasteiger partial charge in [-0.15, -0.1) is 0 Å². The lowest BCUT2D eigenvalue weighted by Gasteiger charge is -2.33. The van der Waals surface area contributed by atoms with Gasteiger partial charge in [-0.2, -0.15) is 5.01 Å². The molecule has 0 bridgehead atoms. The minimum atomic E-state index is -1.18. The van der Waals surface area contributed by atoms with Crippen molar-refractivity contribution in [1.29, 1.82) is 0 Å². The van der Waals surface area contributed by atoms with Crippen molar-refractivity contribution in [3.63, 3.8) is 0 Å². The molecule has 1 unspecified atom stereocenters. The summed E-state index contributed by atoms with van der Waals surface area (Å²) >= 11 is 0. The Kier molecular flexibility index (Phi) is 5.85. The smallest absolute Gasteiger partial charge is 0.323 e. The minimum absolute atomic E-state index is 0.349. The number of hydrogen-bond donors (Lipinski definition) is 3. The number of benzene rings is 1. The summed E-state index contributed by atoms with van der Waals surface area (Å²) in [5.41, 5.74) is 1.14. The van der Waals surface area contributed by atoms with E-state index in [-0.39, 0.29) is 0 Å². The molecule has 1 spiro atoms. The summed E-state index contributed by atoms with van der Waals surface area (Å²) < 4.78 is 0. The Morgan fingerprint density at radius 1 is 1.03 bits per heavy atom. The van der Waals surface area contributed by atoms with Crippen molar-refractivity contribution in [1.82, 2.24) is 26.0 Å². The van der Waals surface area contributed by atoms with Crippen LogP contribution < -0.4 is 16.1 Å². The van der Waals surface area contributed by atoms with Crippen LogP contribution in [0, 0.1) is 5.92 Å². The lowest BCUT2D eigenvalue weighted by molar-refractivity contribution is -0.141. The normalized spacial score (nSPS) is 29.5. The minimum Gasteiger partial charge on any atom is -0.323 e. The third-order valence-corrected chi connectivity index (χ3v) is 6.93. The quantitative estimate of drug-likeness (QED) is 0.560. The first-order chi connectivity index (χ1) is 15.6. The number of amides is 7. The first-order valence-electron chi connectivity index (χ1n) is 11.3. The van der Waals surface area contributed by atoms with E-state index in [9.17, 15) is 24.0 Å². The van der Waals surface area contributed by atoms with Gasteiger partial charge in [-0.25, -0.2) is 9.59 Å². The third-order valence-electron chi connectivity index (χ3n) is 6.93. The van der Waals surface area contributed by atoms with E-state index >= 15 is 0 Å². The molecule has 1 aliphatic carbocycles. The van der Waals surface area contributed by atoms with Crippen LogP contribution in [0.5, 0.6) is 0 Å². The van der Waals surface area contributed by atoms with Gasteiger partial charge in [-0.1, -0.05) is 37.3 Å². The molecular formula is C23H29N5O5. The van der Waals surface area contributed by atoms with Crippen molar-refractivity contribution in [2.24, 2.45) is 5.92 Å². The Hall–Kier alpha value is -3.43. The molecule has 3 aliphatic rings.